The normalized spacial score (nSPS) is 10.3. The molecule has 0 radical (unpaired) electrons. The van der Waals surface area contributed by atoms with Gasteiger partial charge in [0.15, 0.2) is 0 Å². The first-order chi connectivity index (χ1) is 11.8. The minimum Gasteiger partial charge on any atom is -0.488 e. The van der Waals surface area contributed by atoms with Gasteiger partial charge in [0, 0.05) is 18.2 Å². The lowest BCUT2D eigenvalue weighted by Crippen LogP contribution is -2.14. The predicted octanol–water partition coefficient (Wildman–Crippen LogP) is 4.19. The highest BCUT2D eigenvalue weighted by Crippen LogP contribution is 2.25. The zero-order chi connectivity index (χ0) is 16.8. The molecule has 0 saturated carbocycles. The van der Waals surface area contributed by atoms with E-state index in [9.17, 15) is 4.79 Å². The number of H-pyrrole nitrogens is 1. The molecule has 1 N–H and O–H groups in total. The van der Waals surface area contributed by atoms with Gasteiger partial charge in [0.05, 0.1) is 5.56 Å². The molecule has 3 heteroatoms. The molecule has 0 amide bonds. The first-order valence-electron chi connectivity index (χ1n) is 7.85. The molecule has 0 unspecified atom stereocenters. The smallest absolute Gasteiger partial charge is 0.258 e. The van der Waals surface area contributed by atoms with Gasteiger partial charge in [0.25, 0.3) is 5.56 Å². The van der Waals surface area contributed by atoms with Crippen molar-refractivity contribution in [3.8, 4) is 5.75 Å². The Bertz CT molecular complexity index is 867. The van der Waals surface area contributed by atoms with Crippen LogP contribution in [0.25, 0.3) is 6.08 Å². The van der Waals surface area contributed by atoms with Gasteiger partial charge < -0.3 is 9.72 Å². The number of hydrogen-bond acceptors (Lipinski definition) is 2. The van der Waals surface area contributed by atoms with Gasteiger partial charge in [-0.2, -0.15) is 0 Å². The lowest BCUT2D eigenvalue weighted by molar-refractivity contribution is 0.302. The zero-order valence-electron chi connectivity index (χ0n) is 13.4. The molecule has 2 aromatic carbocycles. The summed E-state index contributed by atoms with van der Waals surface area (Å²) in [5.74, 6) is 0.599. The van der Waals surface area contributed by atoms with Crippen LogP contribution >= 0.6 is 0 Å². The minimum atomic E-state index is -0.190. The number of hydrogen-bond donors (Lipinski definition) is 1. The summed E-state index contributed by atoms with van der Waals surface area (Å²) < 4.78 is 6.01. The van der Waals surface area contributed by atoms with E-state index in [1.807, 2.05) is 48.5 Å². The van der Waals surface area contributed by atoms with Gasteiger partial charge in [0.2, 0.25) is 0 Å². The molecule has 24 heavy (non-hydrogen) atoms. The van der Waals surface area contributed by atoms with Crippen LogP contribution < -0.4 is 10.3 Å². The summed E-state index contributed by atoms with van der Waals surface area (Å²) in [6.45, 7) is 4.17. The second kappa shape index (κ2) is 7.47. The highest BCUT2D eigenvalue weighted by molar-refractivity contribution is 5.57. The molecule has 1 heterocycles. The third-order valence-electron chi connectivity index (χ3n) is 3.83. The Morgan fingerprint density at radius 2 is 1.58 bits per heavy atom. The standard InChI is InChI=1S/C21H19NO2/c1-2-19-20(24-15-17-11-7-4-8-12-17)18(14-22-21(19)23)13-16-9-5-3-6-10-16/h2-12,14H,1,13,15H2,(H,22,23). The number of aromatic amines is 1. The molecule has 0 aliphatic carbocycles. The fourth-order valence-electron chi connectivity index (χ4n) is 2.60. The summed E-state index contributed by atoms with van der Waals surface area (Å²) >= 11 is 0. The van der Waals surface area contributed by atoms with Crippen LogP contribution in [0.4, 0.5) is 0 Å². The molecular weight excluding hydrogens is 298 g/mol. The molecule has 3 nitrogen and oxygen atoms in total. The summed E-state index contributed by atoms with van der Waals surface area (Å²) in [7, 11) is 0. The van der Waals surface area contributed by atoms with Crippen LogP contribution in [0.15, 0.2) is 78.2 Å². The third-order valence-corrected chi connectivity index (χ3v) is 3.83. The number of nitrogens with one attached hydrogen (secondary N) is 1. The van der Waals surface area contributed by atoms with Crippen molar-refractivity contribution in [2.24, 2.45) is 0 Å². The van der Waals surface area contributed by atoms with Crippen LogP contribution in [0.1, 0.15) is 22.3 Å². The van der Waals surface area contributed by atoms with Crippen LogP contribution in [0.2, 0.25) is 0 Å². The van der Waals surface area contributed by atoms with Gasteiger partial charge in [-0.25, -0.2) is 0 Å². The van der Waals surface area contributed by atoms with Crippen molar-refractivity contribution in [3.63, 3.8) is 0 Å². The summed E-state index contributed by atoms with van der Waals surface area (Å²) in [5, 5.41) is 0. The Balaban J connectivity index is 1.93. The van der Waals surface area contributed by atoms with Crippen LogP contribution in [0.3, 0.4) is 0 Å². The van der Waals surface area contributed by atoms with Crippen LogP contribution in [0.5, 0.6) is 5.75 Å². The Morgan fingerprint density at radius 1 is 0.958 bits per heavy atom. The molecule has 0 fully saturated rings. The van der Waals surface area contributed by atoms with E-state index in [2.05, 4.69) is 23.7 Å². The minimum absolute atomic E-state index is 0.190. The van der Waals surface area contributed by atoms with E-state index >= 15 is 0 Å². The number of benzene rings is 2. The second-order valence-electron chi connectivity index (χ2n) is 5.53. The average Bonchev–Trinajstić information content (AvgIpc) is 2.63. The van der Waals surface area contributed by atoms with E-state index in [1.54, 1.807) is 12.3 Å². The van der Waals surface area contributed by atoms with E-state index in [4.69, 9.17) is 4.74 Å². The Hall–Kier alpha value is -3.07. The summed E-state index contributed by atoms with van der Waals surface area (Å²) in [6, 6.07) is 20.0. The molecule has 1 aromatic heterocycles. The molecule has 0 atom stereocenters. The van der Waals surface area contributed by atoms with Crippen LogP contribution in [0, 0.1) is 0 Å². The van der Waals surface area contributed by atoms with E-state index < -0.39 is 0 Å². The maximum atomic E-state index is 12.1. The quantitative estimate of drug-likeness (QED) is 0.741. The van der Waals surface area contributed by atoms with Crippen molar-refractivity contribution >= 4 is 6.08 Å². The van der Waals surface area contributed by atoms with Gasteiger partial charge in [-0.15, -0.1) is 0 Å². The largest absolute Gasteiger partial charge is 0.488 e. The van der Waals surface area contributed by atoms with Crippen molar-refractivity contribution in [2.75, 3.05) is 0 Å². The fourth-order valence-corrected chi connectivity index (χ4v) is 2.60. The van der Waals surface area contributed by atoms with Gasteiger partial charge in [-0.1, -0.05) is 73.3 Å². The van der Waals surface area contributed by atoms with E-state index in [1.165, 1.54) is 0 Å². The van der Waals surface area contributed by atoms with Gasteiger partial charge >= 0.3 is 0 Å². The lowest BCUT2D eigenvalue weighted by atomic mass is 10.0. The summed E-state index contributed by atoms with van der Waals surface area (Å²) in [5.41, 5.74) is 3.43. The molecule has 0 aliphatic heterocycles. The molecule has 0 bridgehead atoms. The van der Waals surface area contributed by atoms with Crippen molar-refractivity contribution in [3.05, 3.63) is 106 Å². The maximum Gasteiger partial charge on any atom is 0.258 e. The number of rotatable bonds is 6. The Kier molecular flexibility index (Phi) is 4.92. The number of ether oxygens (including phenoxy) is 1. The molecule has 3 rings (SSSR count). The summed E-state index contributed by atoms with van der Waals surface area (Å²) in [6.07, 6.45) is 3.96. The van der Waals surface area contributed by atoms with E-state index in [-0.39, 0.29) is 5.56 Å². The maximum absolute atomic E-state index is 12.1. The number of aromatic nitrogens is 1. The first kappa shape index (κ1) is 15.8. The Labute approximate surface area is 141 Å². The number of pyridine rings is 1. The fraction of sp³-hybridized carbons (Fsp3) is 0.0952. The topological polar surface area (TPSA) is 42.1 Å². The monoisotopic (exact) mass is 317 g/mol. The SMILES string of the molecule is C=Cc1c(OCc2ccccc2)c(Cc2ccccc2)c[nH]c1=O. The van der Waals surface area contributed by atoms with Crippen molar-refractivity contribution in [1.82, 2.24) is 4.98 Å². The van der Waals surface area contributed by atoms with Crippen molar-refractivity contribution in [1.29, 1.82) is 0 Å². The van der Waals surface area contributed by atoms with E-state index in [0.29, 0.717) is 24.3 Å². The van der Waals surface area contributed by atoms with Crippen LogP contribution in [-0.4, -0.2) is 4.98 Å². The molecule has 120 valence electrons. The highest BCUT2D eigenvalue weighted by atomic mass is 16.5. The third kappa shape index (κ3) is 3.63. The average molecular weight is 317 g/mol. The zero-order valence-corrected chi connectivity index (χ0v) is 13.4. The predicted molar refractivity (Wildman–Crippen MR) is 97.2 cm³/mol. The highest BCUT2D eigenvalue weighted by Gasteiger charge is 2.13. The molecule has 0 saturated heterocycles. The second-order valence-corrected chi connectivity index (χ2v) is 5.53. The molecular formula is C21H19NO2. The molecule has 0 spiro atoms. The van der Waals surface area contributed by atoms with Crippen LogP contribution in [-0.2, 0) is 13.0 Å². The van der Waals surface area contributed by atoms with Gasteiger partial charge in [-0.3, -0.25) is 4.79 Å². The summed E-state index contributed by atoms with van der Waals surface area (Å²) in [4.78, 5) is 14.9. The first-order valence-corrected chi connectivity index (χ1v) is 7.85. The lowest BCUT2D eigenvalue weighted by Gasteiger charge is -2.14. The van der Waals surface area contributed by atoms with Crippen molar-refractivity contribution in [2.45, 2.75) is 13.0 Å². The van der Waals surface area contributed by atoms with E-state index in [0.717, 1.165) is 16.7 Å². The molecule has 0 aliphatic rings. The molecule has 3 aromatic rings. The van der Waals surface area contributed by atoms with Gasteiger partial charge in [-0.05, 0) is 11.1 Å². The Morgan fingerprint density at radius 3 is 2.21 bits per heavy atom. The van der Waals surface area contributed by atoms with Gasteiger partial charge in [0.1, 0.15) is 12.4 Å². The van der Waals surface area contributed by atoms with Crippen molar-refractivity contribution < 1.29 is 4.74 Å².